The van der Waals surface area contributed by atoms with Gasteiger partial charge in [0.25, 0.3) is 11.2 Å². The van der Waals surface area contributed by atoms with Gasteiger partial charge in [-0.15, -0.1) is 0 Å². The molecule has 1 atom stereocenters. The van der Waals surface area contributed by atoms with E-state index < -0.39 is 22.5 Å². The maximum absolute atomic E-state index is 13.8. The van der Waals surface area contributed by atoms with E-state index in [-0.39, 0.29) is 17.9 Å². The van der Waals surface area contributed by atoms with E-state index in [0.29, 0.717) is 47.7 Å². The Morgan fingerprint density at radius 2 is 1.97 bits per heavy atom. The van der Waals surface area contributed by atoms with Gasteiger partial charge in [0.15, 0.2) is 16.3 Å². The van der Waals surface area contributed by atoms with Gasteiger partial charge in [-0.2, -0.15) is 0 Å². The maximum Gasteiger partial charge on any atom is 0.338 e. The summed E-state index contributed by atoms with van der Waals surface area (Å²) in [6, 6.07) is 7.23. The number of esters is 1. The second kappa shape index (κ2) is 10.9. The summed E-state index contributed by atoms with van der Waals surface area (Å²) in [5, 5.41) is 11.7. The normalized spacial score (nSPS) is 15.1. The van der Waals surface area contributed by atoms with Crippen LogP contribution in [-0.2, 0) is 9.53 Å². The smallest absolute Gasteiger partial charge is 0.338 e. The number of nitro groups is 1. The van der Waals surface area contributed by atoms with Crippen LogP contribution < -0.4 is 24.4 Å². The molecule has 2 aromatic carbocycles. The van der Waals surface area contributed by atoms with E-state index in [4.69, 9.17) is 14.2 Å². The zero-order chi connectivity index (χ0) is 27.7. The summed E-state index contributed by atoms with van der Waals surface area (Å²) in [5.74, 6) is 0.355. The van der Waals surface area contributed by atoms with Crippen LogP contribution in [0.25, 0.3) is 6.08 Å². The minimum Gasteiger partial charge on any atom is -0.493 e. The third-order valence-electron chi connectivity index (χ3n) is 6.02. The van der Waals surface area contributed by atoms with Gasteiger partial charge in [0, 0.05) is 11.6 Å². The predicted molar refractivity (Wildman–Crippen MR) is 145 cm³/mol. The highest BCUT2D eigenvalue weighted by Crippen LogP contribution is 2.37. The fraction of sp³-hybridized carbons (Fsp3) is 0.269. The average molecular weight is 602 g/mol. The molecule has 12 heteroatoms. The van der Waals surface area contributed by atoms with E-state index in [1.54, 1.807) is 51.1 Å². The first-order valence-electron chi connectivity index (χ1n) is 11.5. The standard InChI is InChI=1S/C26H24BrN3O7S/c1-6-37-25(32)21-14(3)28-26-29(22(21)16-8-7-13(2)18(12-16)30(33)34)24(31)20(38-26)11-15-9-17(27)23(36-5)19(10-15)35-4/h7-12,22H,6H2,1-5H3/b20-11+/t22-/m0/s1. The van der Waals surface area contributed by atoms with E-state index in [0.717, 1.165) is 11.3 Å². The summed E-state index contributed by atoms with van der Waals surface area (Å²) in [6.07, 6.45) is 1.69. The fourth-order valence-electron chi connectivity index (χ4n) is 4.27. The van der Waals surface area contributed by atoms with Crippen molar-refractivity contribution in [2.24, 2.45) is 4.99 Å². The summed E-state index contributed by atoms with van der Waals surface area (Å²) in [6.45, 7) is 5.08. The molecule has 3 aromatic rings. The predicted octanol–water partition coefficient (Wildman–Crippen LogP) is 3.79. The third-order valence-corrected chi connectivity index (χ3v) is 7.59. The van der Waals surface area contributed by atoms with Crippen LogP contribution in [0.1, 0.15) is 36.6 Å². The first-order chi connectivity index (χ1) is 18.1. The van der Waals surface area contributed by atoms with E-state index >= 15 is 0 Å². The summed E-state index contributed by atoms with van der Waals surface area (Å²) in [7, 11) is 3.04. The quantitative estimate of drug-likeness (QED) is 0.229. The topological polar surface area (TPSA) is 122 Å². The molecular formula is C26H24BrN3O7S. The Bertz CT molecular complexity index is 1670. The number of rotatable bonds is 7. The van der Waals surface area contributed by atoms with Crippen molar-refractivity contribution in [2.75, 3.05) is 20.8 Å². The Labute approximate surface area is 229 Å². The third kappa shape index (κ3) is 4.88. The number of carbonyl (C=O) groups excluding carboxylic acids is 1. The first kappa shape index (κ1) is 27.3. The minimum absolute atomic E-state index is 0.113. The number of thiazole rings is 1. The molecule has 10 nitrogen and oxygen atoms in total. The van der Waals surface area contributed by atoms with E-state index in [9.17, 15) is 19.7 Å². The molecule has 1 aliphatic rings. The monoisotopic (exact) mass is 601 g/mol. The van der Waals surface area contributed by atoms with Gasteiger partial charge in [0.2, 0.25) is 0 Å². The van der Waals surface area contributed by atoms with E-state index in [1.165, 1.54) is 24.9 Å². The molecule has 0 bridgehead atoms. The lowest BCUT2D eigenvalue weighted by molar-refractivity contribution is -0.385. The zero-order valence-electron chi connectivity index (χ0n) is 21.2. The molecule has 0 fully saturated rings. The van der Waals surface area contributed by atoms with Crippen LogP contribution >= 0.6 is 27.3 Å². The molecule has 198 valence electrons. The molecule has 0 aliphatic carbocycles. The van der Waals surface area contributed by atoms with Crippen LogP contribution in [0.2, 0.25) is 0 Å². The van der Waals surface area contributed by atoms with Crippen molar-refractivity contribution in [3.8, 4) is 11.5 Å². The van der Waals surface area contributed by atoms with Crippen molar-refractivity contribution in [1.29, 1.82) is 0 Å². The van der Waals surface area contributed by atoms with Crippen molar-refractivity contribution in [2.45, 2.75) is 26.8 Å². The number of halogens is 1. The summed E-state index contributed by atoms with van der Waals surface area (Å²) < 4.78 is 18.4. The van der Waals surface area contributed by atoms with E-state index in [1.807, 2.05) is 0 Å². The number of hydrogen-bond donors (Lipinski definition) is 0. The van der Waals surface area contributed by atoms with Crippen LogP contribution in [0.5, 0.6) is 11.5 Å². The molecule has 4 rings (SSSR count). The molecule has 0 saturated carbocycles. The van der Waals surface area contributed by atoms with Gasteiger partial charge in [0.1, 0.15) is 0 Å². The van der Waals surface area contributed by atoms with Gasteiger partial charge in [-0.25, -0.2) is 9.79 Å². The molecule has 0 unspecified atom stereocenters. The molecule has 1 aromatic heterocycles. The van der Waals surface area contributed by atoms with Gasteiger partial charge in [-0.05, 0) is 66.0 Å². The van der Waals surface area contributed by atoms with Gasteiger partial charge < -0.3 is 14.2 Å². The number of nitrogens with zero attached hydrogens (tertiary/aromatic N) is 3. The number of nitro benzene ring substituents is 1. The van der Waals surface area contributed by atoms with Crippen LogP contribution in [0.15, 0.2) is 55.9 Å². The van der Waals surface area contributed by atoms with Crippen LogP contribution in [-0.4, -0.2) is 36.3 Å². The Hall–Kier alpha value is -3.77. The van der Waals surface area contributed by atoms with Crippen LogP contribution in [0.3, 0.4) is 0 Å². The molecule has 0 spiro atoms. The highest BCUT2D eigenvalue weighted by molar-refractivity contribution is 9.10. The molecule has 0 radical (unpaired) electrons. The number of carbonyl (C=O) groups is 1. The lowest BCUT2D eigenvalue weighted by atomic mass is 9.94. The number of ether oxygens (including phenoxy) is 3. The van der Waals surface area contributed by atoms with Crippen LogP contribution in [0, 0.1) is 17.0 Å². The van der Waals surface area contributed by atoms with Crippen molar-refractivity contribution >= 4 is 45.0 Å². The minimum atomic E-state index is -0.955. The van der Waals surface area contributed by atoms with Crippen LogP contribution in [0.4, 0.5) is 5.69 Å². The average Bonchev–Trinajstić information content (AvgIpc) is 3.17. The summed E-state index contributed by atoms with van der Waals surface area (Å²) in [4.78, 5) is 42.9. The molecule has 38 heavy (non-hydrogen) atoms. The number of benzene rings is 2. The number of aryl methyl sites for hydroxylation is 1. The fourth-order valence-corrected chi connectivity index (χ4v) is 5.94. The molecule has 0 saturated heterocycles. The maximum atomic E-state index is 13.8. The second-order valence-corrected chi connectivity index (χ2v) is 10.2. The number of hydrogen-bond acceptors (Lipinski definition) is 9. The van der Waals surface area contributed by atoms with Crippen molar-refractivity contribution in [1.82, 2.24) is 4.57 Å². The van der Waals surface area contributed by atoms with Crippen molar-refractivity contribution in [3.05, 3.63) is 92.6 Å². The lowest BCUT2D eigenvalue weighted by Gasteiger charge is -2.24. The second-order valence-electron chi connectivity index (χ2n) is 8.34. The Balaban J connectivity index is 1.98. The number of aromatic nitrogens is 1. The Morgan fingerprint density at radius 1 is 1.24 bits per heavy atom. The van der Waals surface area contributed by atoms with Gasteiger partial charge in [0.05, 0.1) is 52.1 Å². The molecule has 0 N–H and O–H groups in total. The highest BCUT2D eigenvalue weighted by Gasteiger charge is 2.34. The van der Waals surface area contributed by atoms with Gasteiger partial charge >= 0.3 is 5.97 Å². The summed E-state index contributed by atoms with van der Waals surface area (Å²) in [5.41, 5.74) is 1.55. The highest BCUT2D eigenvalue weighted by atomic mass is 79.9. The largest absolute Gasteiger partial charge is 0.493 e. The number of allylic oxidation sites excluding steroid dienone is 1. The Kier molecular flexibility index (Phi) is 7.83. The molecule has 0 amide bonds. The summed E-state index contributed by atoms with van der Waals surface area (Å²) >= 11 is 4.61. The van der Waals surface area contributed by atoms with Crippen molar-refractivity contribution < 1.29 is 23.9 Å². The zero-order valence-corrected chi connectivity index (χ0v) is 23.6. The SMILES string of the molecule is CCOC(=O)C1=C(C)N=c2s/c(=C/c3cc(Br)c(OC)c(OC)c3)c(=O)n2[C@H]1c1ccc(C)c([N+](=O)[O-])c1. The van der Waals surface area contributed by atoms with E-state index in [2.05, 4.69) is 20.9 Å². The molecule has 2 heterocycles. The molecule has 1 aliphatic heterocycles. The number of methoxy groups -OCH3 is 2. The van der Waals surface area contributed by atoms with Crippen molar-refractivity contribution in [3.63, 3.8) is 0 Å². The molecular weight excluding hydrogens is 578 g/mol. The first-order valence-corrected chi connectivity index (χ1v) is 13.1. The Morgan fingerprint density at radius 3 is 2.61 bits per heavy atom. The van der Waals surface area contributed by atoms with Gasteiger partial charge in [-0.1, -0.05) is 23.5 Å². The number of fused-ring (bicyclic) bond motifs is 1. The van der Waals surface area contributed by atoms with Gasteiger partial charge in [-0.3, -0.25) is 19.5 Å². The lowest BCUT2D eigenvalue weighted by Crippen LogP contribution is -2.40.